The summed E-state index contributed by atoms with van der Waals surface area (Å²) in [6.07, 6.45) is 2.30. The standard InChI is InChI=1S/C14H15NO4/c1-2-8-19-14(18)15-12-7-6-9-10(12)4-3-5-11(9)13(16)17/h2-5,12H,1,6-8H2,(H,15,18)(H,16,17). The van der Waals surface area contributed by atoms with Crippen LogP contribution < -0.4 is 5.32 Å². The predicted octanol–water partition coefficient (Wildman–Crippen LogP) is 2.28. The number of hydrogen-bond donors (Lipinski definition) is 2. The van der Waals surface area contributed by atoms with Crippen molar-refractivity contribution in [3.63, 3.8) is 0 Å². The molecule has 0 bridgehead atoms. The Hall–Kier alpha value is -2.30. The third kappa shape index (κ3) is 2.76. The first-order valence-electron chi connectivity index (χ1n) is 6.02. The van der Waals surface area contributed by atoms with Crippen molar-refractivity contribution < 1.29 is 19.4 Å². The maximum absolute atomic E-state index is 11.5. The molecule has 5 nitrogen and oxygen atoms in total. The average Bonchev–Trinajstić information content (AvgIpc) is 2.79. The Kier molecular flexibility index (Phi) is 3.85. The van der Waals surface area contributed by atoms with Gasteiger partial charge in [0.1, 0.15) is 6.61 Å². The van der Waals surface area contributed by atoms with Gasteiger partial charge in [-0.15, -0.1) is 0 Å². The van der Waals surface area contributed by atoms with Crippen LogP contribution in [0, 0.1) is 0 Å². The van der Waals surface area contributed by atoms with E-state index in [1.54, 1.807) is 12.1 Å². The molecule has 0 radical (unpaired) electrons. The second-order valence-corrected chi connectivity index (χ2v) is 4.30. The van der Waals surface area contributed by atoms with Crippen molar-refractivity contribution in [3.05, 3.63) is 47.5 Å². The topological polar surface area (TPSA) is 75.6 Å². The average molecular weight is 261 g/mol. The van der Waals surface area contributed by atoms with Gasteiger partial charge in [0, 0.05) is 0 Å². The molecule has 19 heavy (non-hydrogen) atoms. The van der Waals surface area contributed by atoms with E-state index in [0.29, 0.717) is 18.4 Å². The largest absolute Gasteiger partial charge is 0.478 e. The van der Waals surface area contributed by atoms with E-state index in [-0.39, 0.29) is 12.6 Å². The lowest BCUT2D eigenvalue weighted by atomic mass is 10.0. The number of benzene rings is 1. The molecule has 0 aromatic heterocycles. The summed E-state index contributed by atoms with van der Waals surface area (Å²) >= 11 is 0. The van der Waals surface area contributed by atoms with Crippen LogP contribution in [-0.4, -0.2) is 23.8 Å². The van der Waals surface area contributed by atoms with E-state index in [1.165, 1.54) is 6.08 Å². The molecule has 1 amide bonds. The first-order valence-corrected chi connectivity index (χ1v) is 6.02. The lowest BCUT2D eigenvalue weighted by Crippen LogP contribution is -2.27. The molecule has 2 rings (SSSR count). The fourth-order valence-corrected chi connectivity index (χ4v) is 2.32. The van der Waals surface area contributed by atoms with Crippen molar-refractivity contribution in [2.75, 3.05) is 6.61 Å². The van der Waals surface area contributed by atoms with Gasteiger partial charge in [0.05, 0.1) is 11.6 Å². The third-order valence-electron chi connectivity index (χ3n) is 3.13. The molecular weight excluding hydrogens is 246 g/mol. The molecule has 1 aliphatic carbocycles. The molecule has 0 saturated carbocycles. The number of carbonyl (C=O) groups excluding carboxylic acids is 1. The van der Waals surface area contributed by atoms with Gasteiger partial charge in [0.25, 0.3) is 0 Å². The zero-order chi connectivity index (χ0) is 13.8. The Balaban J connectivity index is 2.14. The maximum Gasteiger partial charge on any atom is 0.407 e. The Bertz CT molecular complexity index is 524. The summed E-state index contributed by atoms with van der Waals surface area (Å²) in [5, 5.41) is 11.8. The summed E-state index contributed by atoms with van der Waals surface area (Å²) in [6.45, 7) is 3.61. The van der Waals surface area contributed by atoms with E-state index >= 15 is 0 Å². The van der Waals surface area contributed by atoms with Crippen LogP contribution in [0.2, 0.25) is 0 Å². The van der Waals surface area contributed by atoms with Crippen LogP contribution in [-0.2, 0) is 11.2 Å². The van der Waals surface area contributed by atoms with Crippen LogP contribution in [0.1, 0.15) is 33.9 Å². The summed E-state index contributed by atoms with van der Waals surface area (Å²) < 4.78 is 4.86. The van der Waals surface area contributed by atoms with E-state index in [1.807, 2.05) is 6.07 Å². The summed E-state index contributed by atoms with van der Waals surface area (Å²) in [7, 11) is 0. The second-order valence-electron chi connectivity index (χ2n) is 4.30. The van der Waals surface area contributed by atoms with Crippen molar-refractivity contribution in [2.24, 2.45) is 0 Å². The van der Waals surface area contributed by atoms with Crippen LogP contribution in [0.15, 0.2) is 30.9 Å². The predicted molar refractivity (Wildman–Crippen MR) is 69.1 cm³/mol. The molecule has 1 aliphatic rings. The smallest absolute Gasteiger partial charge is 0.407 e. The molecule has 1 unspecified atom stereocenters. The summed E-state index contributed by atoms with van der Waals surface area (Å²) in [4.78, 5) is 22.6. The fourth-order valence-electron chi connectivity index (χ4n) is 2.32. The highest BCUT2D eigenvalue weighted by atomic mass is 16.5. The third-order valence-corrected chi connectivity index (χ3v) is 3.13. The van der Waals surface area contributed by atoms with E-state index in [0.717, 1.165) is 11.1 Å². The van der Waals surface area contributed by atoms with Crippen molar-refractivity contribution >= 4 is 12.1 Å². The van der Waals surface area contributed by atoms with E-state index < -0.39 is 12.1 Å². The highest BCUT2D eigenvalue weighted by molar-refractivity contribution is 5.90. The molecule has 2 N–H and O–H groups in total. The molecule has 0 fully saturated rings. The molecular formula is C14H15NO4. The number of amides is 1. The zero-order valence-electron chi connectivity index (χ0n) is 10.4. The van der Waals surface area contributed by atoms with Gasteiger partial charge < -0.3 is 15.2 Å². The van der Waals surface area contributed by atoms with Gasteiger partial charge >= 0.3 is 12.1 Å². The minimum atomic E-state index is -0.938. The lowest BCUT2D eigenvalue weighted by Gasteiger charge is -2.14. The molecule has 0 spiro atoms. The normalized spacial score (nSPS) is 16.5. The summed E-state index contributed by atoms with van der Waals surface area (Å²) in [5.74, 6) is -0.938. The number of carbonyl (C=O) groups is 2. The molecule has 1 aromatic rings. The number of alkyl carbamates (subject to hydrolysis) is 1. The first-order chi connectivity index (χ1) is 9.13. The number of ether oxygens (including phenoxy) is 1. The van der Waals surface area contributed by atoms with Crippen LogP contribution in [0.3, 0.4) is 0 Å². The lowest BCUT2D eigenvalue weighted by molar-refractivity contribution is 0.0695. The van der Waals surface area contributed by atoms with Gasteiger partial charge in [-0.05, 0) is 30.0 Å². The first kappa shape index (κ1) is 13.1. The molecule has 1 aromatic carbocycles. The van der Waals surface area contributed by atoms with E-state index in [9.17, 15) is 9.59 Å². The monoisotopic (exact) mass is 261 g/mol. The number of fused-ring (bicyclic) bond motifs is 1. The fraction of sp³-hybridized carbons (Fsp3) is 0.286. The molecule has 5 heteroatoms. The number of nitrogens with one attached hydrogen (secondary N) is 1. The Morgan fingerprint density at radius 2 is 2.32 bits per heavy atom. The Labute approximate surface area is 110 Å². The number of aromatic carboxylic acids is 1. The second kappa shape index (κ2) is 5.56. The van der Waals surface area contributed by atoms with Crippen molar-refractivity contribution in [2.45, 2.75) is 18.9 Å². The summed E-state index contributed by atoms with van der Waals surface area (Å²) in [6, 6.07) is 4.93. The highest BCUT2D eigenvalue weighted by Crippen LogP contribution is 2.33. The van der Waals surface area contributed by atoms with Gasteiger partial charge in [-0.1, -0.05) is 24.8 Å². The summed E-state index contributed by atoms with van der Waals surface area (Å²) in [5.41, 5.74) is 1.96. The van der Waals surface area contributed by atoms with Gasteiger partial charge in [-0.2, -0.15) is 0 Å². The van der Waals surface area contributed by atoms with Crippen LogP contribution >= 0.6 is 0 Å². The molecule has 1 atom stereocenters. The maximum atomic E-state index is 11.5. The molecule has 100 valence electrons. The van der Waals surface area contributed by atoms with Crippen molar-refractivity contribution in [1.82, 2.24) is 5.32 Å². The van der Waals surface area contributed by atoms with Crippen LogP contribution in [0.4, 0.5) is 4.79 Å². The molecule has 0 saturated heterocycles. The number of hydrogen-bond acceptors (Lipinski definition) is 3. The van der Waals surface area contributed by atoms with E-state index in [2.05, 4.69) is 11.9 Å². The van der Waals surface area contributed by atoms with E-state index in [4.69, 9.17) is 9.84 Å². The van der Waals surface area contributed by atoms with Crippen molar-refractivity contribution in [3.8, 4) is 0 Å². The number of carboxylic acids is 1. The SMILES string of the molecule is C=CCOC(=O)NC1CCc2c(C(=O)O)cccc21. The van der Waals surface area contributed by atoms with Gasteiger partial charge in [0.2, 0.25) is 0 Å². The van der Waals surface area contributed by atoms with Gasteiger partial charge in [-0.25, -0.2) is 9.59 Å². The van der Waals surface area contributed by atoms with Crippen molar-refractivity contribution in [1.29, 1.82) is 0 Å². The van der Waals surface area contributed by atoms with Gasteiger partial charge in [0.15, 0.2) is 0 Å². The highest BCUT2D eigenvalue weighted by Gasteiger charge is 2.27. The molecule has 0 aliphatic heterocycles. The minimum Gasteiger partial charge on any atom is -0.478 e. The quantitative estimate of drug-likeness (QED) is 0.815. The van der Waals surface area contributed by atoms with Crippen LogP contribution in [0.25, 0.3) is 0 Å². The number of carboxylic acid groups (broad SMARTS) is 1. The van der Waals surface area contributed by atoms with Crippen LogP contribution in [0.5, 0.6) is 0 Å². The Morgan fingerprint density at radius 1 is 1.53 bits per heavy atom. The Morgan fingerprint density at radius 3 is 3.00 bits per heavy atom. The van der Waals surface area contributed by atoms with Gasteiger partial charge in [-0.3, -0.25) is 0 Å². The number of rotatable bonds is 4. The zero-order valence-corrected chi connectivity index (χ0v) is 10.4. The minimum absolute atomic E-state index is 0.153. The molecule has 0 heterocycles.